The van der Waals surface area contributed by atoms with E-state index in [-0.39, 0.29) is 23.3 Å². The number of Topliss-reactive ketones (excluding diaryl/α,β-unsaturated/α-hetero) is 1. The van der Waals surface area contributed by atoms with E-state index in [1.165, 1.54) is 0 Å². The molecule has 0 saturated carbocycles. The Morgan fingerprint density at radius 3 is 2.18 bits per heavy atom. The Balaban J connectivity index is 1.82. The molecule has 7 heteroatoms. The average Bonchev–Trinajstić information content (AvgIpc) is 2.84. The molecule has 1 aromatic rings. The van der Waals surface area contributed by atoms with Crippen LogP contribution in [0.4, 0.5) is 0 Å². The van der Waals surface area contributed by atoms with Crippen molar-refractivity contribution in [2.75, 3.05) is 52.9 Å². The van der Waals surface area contributed by atoms with Crippen LogP contribution in [0.5, 0.6) is 0 Å². The Morgan fingerprint density at radius 1 is 0.971 bits per heavy atom. The summed E-state index contributed by atoms with van der Waals surface area (Å²) in [6, 6.07) is 8.48. The van der Waals surface area contributed by atoms with Crippen molar-refractivity contribution >= 4 is 17.7 Å². The zero-order chi connectivity index (χ0) is 25.2. The van der Waals surface area contributed by atoms with Crippen molar-refractivity contribution < 1.29 is 19.1 Å². The van der Waals surface area contributed by atoms with Gasteiger partial charge in [0.25, 0.3) is 5.78 Å². The lowest BCUT2D eigenvalue weighted by atomic mass is 9.69. The number of likely N-dealkylation sites (N-methyl/N-ethyl adjacent to an activating group) is 1. The third-order valence-electron chi connectivity index (χ3n) is 7.40. The summed E-state index contributed by atoms with van der Waals surface area (Å²) in [5.41, 5.74) is 0.215. The van der Waals surface area contributed by atoms with E-state index in [9.17, 15) is 14.4 Å². The fourth-order valence-corrected chi connectivity index (χ4v) is 4.47. The topological polar surface area (TPSA) is 78.9 Å². The van der Waals surface area contributed by atoms with Crippen LogP contribution in [0, 0.1) is 10.8 Å². The molecule has 1 aliphatic rings. The predicted octanol–water partition coefficient (Wildman–Crippen LogP) is 3.39. The molecule has 0 radical (unpaired) electrons. The number of hydrogen-bond acceptors (Lipinski definition) is 6. The van der Waals surface area contributed by atoms with Gasteiger partial charge in [-0.15, -0.1) is 0 Å². The summed E-state index contributed by atoms with van der Waals surface area (Å²) in [6.07, 6.45) is 3.42. The standard InChI is InChI=1S/C27H43N3O4/c1-6-26(3,13-18-34-25(33)24(32)22-11-9-8-10-12-22)20-27(4,7-2)21-28-23(31)19-30-16-14-29(5)15-17-30/h8-12H,6-7,13-21H2,1-5H3,(H,28,31). The molecule has 1 amide bonds. The predicted molar refractivity (Wildman–Crippen MR) is 135 cm³/mol. The van der Waals surface area contributed by atoms with Gasteiger partial charge in [-0.2, -0.15) is 0 Å². The van der Waals surface area contributed by atoms with Crippen LogP contribution in [-0.2, 0) is 14.3 Å². The van der Waals surface area contributed by atoms with Gasteiger partial charge in [-0.3, -0.25) is 14.5 Å². The van der Waals surface area contributed by atoms with Crippen LogP contribution in [0.3, 0.4) is 0 Å². The highest BCUT2D eigenvalue weighted by Crippen LogP contribution is 2.41. The van der Waals surface area contributed by atoms with Crippen LogP contribution in [0.1, 0.15) is 63.7 Å². The lowest BCUT2D eigenvalue weighted by molar-refractivity contribution is -0.139. The first-order valence-electron chi connectivity index (χ1n) is 12.5. The number of piperazine rings is 1. The van der Waals surface area contributed by atoms with Crippen molar-refractivity contribution in [3.05, 3.63) is 35.9 Å². The number of benzene rings is 1. The number of carbonyl (C=O) groups excluding carboxylic acids is 3. The van der Waals surface area contributed by atoms with Crippen molar-refractivity contribution in [2.24, 2.45) is 10.8 Å². The molecule has 0 bridgehead atoms. The number of nitrogens with one attached hydrogen (secondary N) is 1. The van der Waals surface area contributed by atoms with Gasteiger partial charge in [-0.05, 0) is 37.1 Å². The number of ketones is 1. The zero-order valence-corrected chi connectivity index (χ0v) is 21.7. The summed E-state index contributed by atoms with van der Waals surface area (Å²) in [5.74, 6) is -1.34. The van der Waals surface area contributed by atoms with E-state index in [1.54, 1.807) is 30.3 Å². The van der Waals surface area contributed by atoms with Crippen molar-refractivity contribution in [1.82, 2.24) is 15.1 Å². The molecule has 1 aromatic carbocycles. The van der Waals surface area contributed by atoms with Gasteiger partial charge in [0.15, 0.2) is 0 Å². The molecular formula is C27H43N3O4. The van der Waals surface area contributed by atoms with Crippen molar-refractivity contribution in [3.8, 4) is 0 Å². The molecule has 2 unspecified atom stereocenters. The third-order valence-corrected chi connectivity index (χ3v) is 7.40. The Hall–Kier alpha value is -2.25. The van der Waals surface area contributed by atoms with Crippen molar-refractivity contribution in [3.63, 3.8) is 0 Å². The van der Waals surface area contributed by atoms with Crippen LogP contribution in [0.25, 0.3) is 0 Å². The number of carbonyl (C=O) groups is 3. The van der Waals surface area contributed by atoms with E-state index in [1.807, 2.05) is 0 Å². The van der Waals surface area contributed by atoms with E-state index in [4.69, 9.17) is 4.74 Å². The highest BCUT2D eigenvalue weighted by Gasteiger charge is 2.34. The van der Waals surface area contributed by atoms with E-state index < -0.39 is 11.8 Å². The second kappa shape index (κ2) is 13.0. The third kappa shape index (κ3) is 8.84. The largest absolute Gasteiger partial charge is 0.460 e. The van der Waals surface area contributed by atoms with E-state index in [2.05, 4.69) is 49.9 Å². The molecule has 2 atom stereocenters. The van der Waals surface area contributed by atoms with Gasteiger partial charge in [0.2, 0.25) is 5.91 Å². The highest BCUT2D eigenvalue weighted by atomic mass is 16.5. The van der Waals surface area contributed by atoms with Gasteiger partial charge in [0.05, 0.1) is 13.2 Å². The molecule has 1 fully saturated rings. The van der Waals surface area contributed by atoms with Crippen LogP contribution >= 0.6 is 0 Å². The lowest BCUT2D eigenvalue weighted by Gasteiger charge is -2.39. The maximum atomic E-state index is 12.6. The molecule has 190 valence electrons. The van der Waals surface area contributed by atoms with Gasteiger partial charge in [0.1, 0.15) is 0 Å². The smallest absolute Gasteiger partial charge is 0.379 e. The number of hydrogen-bond donors (Lipinski definition) is 1. The second-order valence-electron chi connectivity index (χ2n) is 10.4. The summed E-state index contributed by atoms with van der Waals surface area (Å²) in [5, 5.41) is 3.16. The van der Waals surface area contributed by atoms with E-state index in [0.29, 0.717) is 25.1 Å². The van der Waals surface area contributed by atoms with Crippen LogP contribution in [0.2, 0.25) is 0 Å². The number of esters is 1. The molecule has 1 saturated heterocycles. The summed E-state index contributed by atoms with van der Waals surface area (Å²) in [4.78, 5) is 41.5. The lowest BCUT2D eigenvalue weighted by Crippen LogP contribution is -2.49. The molecule has 1 heterocycles. The SMILES string of the molecule is CCC(C)(CCOC(=O)C(=O)c1ccccc1)CC(C)(CC)CNC(=O)CN1CCN(C)CC1. The number of ether oxygens (including phenoxy) is 1. The molecule has 2 rings (SSSR count). The van der Waals surface area contributed by atoms with Crippen LogP contribution < -0.4 is 5.32 Å². The molecule has 0 aromatic heterocycles. The van der Waals surface area contributed by atoms with Gasteiger partial charge in [-0.1, -0.05) is 64.4 Å². The monoisotopic (exact) mass is 473 g/mol. The number of rotatable bonds is 13. The van der Waals surface area contributed by atoms with Gasteiger partial charge in [-0.25, -0.2) is 4.79 Å². The average molecular weight is 474 g/mol. The molecule has 1 aliphatic heterocycles. The molecule has 0 spiro atoms. The maximum absolute atomic E-state index is 12.6. The van der Waals surface area contributed by atoms with Gasteiger partial charge >= 0.3 is 5.97 Å². The number of amides is 1. The minimum absolute atomic E-state index is 0.0631. The minimum Gasteiger partial charge on any atom is -0.460 e. The first-order valence-corrected chi connectivity index (χ1v) is 12.5. The molecule has 0 aliphatic carbocycles. The van der Waals surface area contributed by atoms with Crippen LogP contribution in [-0.4, -0.2) is 80.4 Å². The summed E-state index contributed by atoms with van der Waals surface area (Å²) >= 11 is 0. The summed E-state index contributed by atoms with van der Waals surface area (Å²) in [6.45, 7) is 13.8. The first kappa shape index (κ1) is 28.0. The Kier molecular flexibility index (Phi) is 10.7. The molecule has 1 N–H and O–H groups in total. The van der Waals surface area contributed by atoms with Gasteiger partial charge in [0, 0.05) is 38.3 Å². The minimum atomic E-state index is -0.806. The zero-order valence-electron chi connectivity index (χ0n) is 21.7. The van der Waals surface area contributed by atoms with Gasteiger partial charge < -0.3 is 15.0 Å². The fraction of sp³-hybridized carbons (Fsp3) is 0.667. The second-order valence-corrected chi connectivity index (χ2v) is 10.4. The van der Waals surface area contributed by atoms with Crippen LogP contribution in [0.15, 0.2) is 30.3 Å². The molecular weight excluding hydrogens is 430 g/mol. The Labute approximate surface area is 205 Å². The summed E-state index contributed by atoms with van der Waals surface area (Å²) < 4.78 is 5.33. The Morgan fingerprint density at radius 2 is 1.59 bits per heavy atom. The quantitative estimate of drug-likeness (QED) is 0.269. The van der Waals surface area contributed by atoms with E-state index in [0.717, 1.165) is 45.4 Å². The highest BCUT2D eigenvalue weighted by molar-refractivity contribution is 6.40. The maximum Gasteiger partial charge on any atom is 0.379 e. The molecule has 7 nitrogen and oxygen atoms in total. The van der Waals surface area contributed by atoms with Crippen molar-refractivity contribution in [2.45, 2.75) is 53.4 Å². The number of nitrogens with zero attached hydrogens (tertiary/aromatic N) is 2. The fourth-order valence-electron chi connectivity index (χ4n) is 4.47. The first-order chi connectivity index (χ1) is 16.1. The summed E-state index contributed by atoms with van der Waals surface area (Å²) in [7, 11) is 2.11. The normalized spacial score (nSPS) is 18.5. The van der Waals surface area contributed by atoms with E-state index >= 15 is 0 Å². The van der Waals surface area contributed by atoms with Crippen molar-refractivity contribution in [1.29, 1.82) is 0 Å². The Bertz CT molecular complexity index is 807. The molecule has 34 heavy (non-hydrogen) atoms.